The number of halogens is 4. The predicted octanol–water partition coefficient (Wildman–Crippen LogP) is 6.84. The number of nitrogens with one attached hydrogen (secondary N) is 2. The second kappa shape index (κ2) is 13.3. The van der Waals surface area contributed by atoms with Crippen LogP contribution in [0.4, 0.5) is 20.4 Å². The number of carbonyl (C=O) groups excluding carboxylic acids is 1. The van der Waals surface area contributed by atoms with Crippen molar-refractivity contribution in [2.75, 3.05) is 36.4 Å². The van der Waals surface area contributed by atoms with E-state index < -0.39 is 5.92 Å². The average Bonchev–Trinajstić information content (AvgIpc) is 3.04. The number of amides is 1. The molecule has 8 rings (SSSR count). The quantitative estimate of drug-likeness (QED) is 0.213. The van der Waals surface area contributed by atoms with E-state index in [1.165, 1.54) is 6.42 Å². The van der Waals surface area contributed by atoms with Crippen LogP contribution in [-0.4, -0.2) is 70.5 Å². The van der Waals surface area contributed by atoms with Gasteiger partial charge in [0.1, 0.15) is 0 Å². The molecule has 13 heteroatoms. The topological polar surface area (TPSA) is 94.9 Å². The molecule has 0 radical (unpaired) electrons. The number of guanidine groups is 1. The summed E-state index contributed by atoms with van der Waals surface area (Å²) in [6, 6.07) is 10.7. The lowest BCUT2D eigenvalue weighted by molar-refractivity contribution is -0.124. The number of piperidine rings is 1. The lowest BCUT2D eigenvalue weighted by Gasteiger charge is -2.61. The Morgan fingerprint density at radius 2 is 1.84 bits per heavy atom. The summed E-state index contributed by atoms with van der Waals surface area (Å²) in [5, 5.41) is 7.93. The molecule has 0 unspecified atom stereocenters. The molecule has 1 aromatic heterocycles. The zero-order chi connectivity index (χ0) is 35.5. The Morgan fingerprint density at radius 3 is 2.52 bits per heavy atom. The van der Waals surface area contributed by atoms with Crippen LogP contribution in [0.3, 0.4) is 0 Å². The highest BCUT2D eigenvalue weighted by Gasteiger charge is 2.56. The van der Waals surface area contributed by atoms with Gasteiger partial charge in [0.25, 0.3) is 11.5 Å². The third-order valence-electron chi connectivity index (χ3n) is 11.7. The number of benzene rings is 2. The van der Waals surface area contributed by atoms with Crippen LogP contribution in [-0.2, 0) is 17.8 Å². The minimum Gasteiger partial charge on any atom is -0.350 e. The molecule has 268 valence electrons. The zero-order valence-electron chi connectivity index (χ0n) is 29.0. The number of rotatable bonds is 6. The number of alkyl halides is 2. The molecule has 3 saturated carbocycles. The van der Waals surface area contributed by atoms with Gasteiger partial charge in [-0.05, 0) is 85.3 Å². The van der Waals surface area contributed by atoms with E-state index in [2.05, 4.69) is 31.4 Å². The molecular formula is C37H45Cl2F2N7O2. The SMILES string of the molecule is C[C@@H]1[C@@H](N=C(Nc2ccc3c(=O)n(CCc4ccc(Cl)cc4Cl)c(N4CCC(F)(F)CC4)nc3c2)N2CC(=O)N[C@@H](C)C2)C[C@@H]2C[C@H]1C2(C)C. The summed E-state index contributed by atoms with van der Waals surface area (Å²) >= 11 is 12.5. The minimum atomic E-state index is -2.75. The Balaban J connectivity index is 1.23. The van der Waals surface area contributed by atoms with Crippen molar-refractivity contribution in [1.29, 1.82) is 0 Å². The fourth-order valence-electron chi connectivity index (χ4n) is 8.59. The van der Waals surface area contributed by atoms with Crippen molar-refractivity contribution >= 4 is 57.6 Å². The summed E-state index contributed by atoms with van der Waals surface area (Å²) < 4.78 is 30.0. The van der Waals surface area contributed by atoms with Crippen molar-refractivity contribution in [1.82, 2.24) is 19.8 Å². The fraction of sp³-hybridized carbons (Fsp3) is 0.568. The molecule has 9 nitrogen and oxygen atoms in total. The van der Waals surface area contributed by atoms with Crippen molar-refractivity contribution in [2.45, 2.75) is 84.4 Å². The van der Waals surface area contributed by atoms with Crippen LogP contribution in [0.5, 0.6) is 0 Å². The maximum Gasteiger partial charge on any atom is 0.262 e. The molecule has 2 aromatic carbocycles. The summed E-state index contributed by atoms with van der Waals surface area (Å²) in [5.74, 6) is -0.189. The summed E-state index contributed by atoms with van der Waals surface area (Å²) in [6.07, 6.45) is 2.05. The molecule has 3 aromatic rings. The average molecular weight is 729 g/mol. The molecule has 2 saturated heterocycles. The Labute approximate surface area is 301 Å². The number of aliphatic imine (C=N–C) groups is 1. The summed E-state index contributed by atoms with van der Waals surface area (Å²) in [4.78, 5) is 40.8. The van der Waals surface area contributed by atoms with Crippen molar-refractivity contribution in [3.63, 3.8) is 0 Å². The van der Waals surface area contributed by atoms with Crippen molar-refractivity contribution < 1.29 is 13.6 Å². The van der Waals surface area contributed by atoms with Gasteiger partial charge in [-0.3, -0.25) is 14.2 Å². The summed E-state index contributed by atoms with van der Waals surface area (Å²) in [6.45, 7) is 10.2. The molecule has 3 aliphatic carbocycles. The molecule has 1 amide bonds. The van der Waals surface area contributed by atoms with Crippen molar-refractivity contribution in [3.8, 4) is 0 Å². The first-order valence-electron chi connectivity index (χ1n) is 17.7. The molecular weight excluding hydrogens is 683 g/mol. The maximum atomic E-state index is 14.2. The van der Waals surface area contributed by atoms with Crippen LogP contribution >= 0.6 is 23.2 Å². The monoisotopic (exact) mass is 727 g/mol. The van der Waals surface area contributed by atoms with E-state index in [9.17, 15) is 18.4 Å². The predicted molar refractivity (Wildman–Crippen MR) is 196 cm³/mol. The second-order valence-electron chi connectivity index (χ2n) is 15.4. The van der Waals surface area contributed by atoms with Gasteiger partial charge in [-0.1, -0.05) is 50.0 Å². The van der Waals surface area contributed by atoms with Gasteiger partial charge >= 0.3 is 0 Å². The maximum absolute atomic E-state index is 14.2. The fourth-order valence-corrected chi connectivity index (χ4v) is 9.09. The summed E-state index contributed by atoms with van der Waals surface area (Å²) in [7, 11) is 0. The zero-order valence-corrected chi connectivity index (χ0v) is 30.5. The van der Waals surface area contributed by atoms with Crippen molar-refractivity contribution in [2.24, 2.45) is 28.2 Å². The lowest BCUT2D eigenvalue weighted by Crippen LogP contribution is -2.58. The first-order chi connectivity index (χ1) is 23.7. The van der Waals surface area contributed by atoms with Crippen LogP contribution < -0.4 is 21.1 Å². The minimum absolute atomic E-state index is 0.0432. The number of hydrogen-bond donors (Lipinski definition) is 2. The number of anilines is 2. The number of piperazine rings is 1. The van der Waals surface area contributed by atoms with Gasteiger partial charge in [-0.25, -0.2) is 18.8 Å². The number of nitrogens with zero attached hydrogens (tertiary/aromatic N) is 5. The van der Waals surface area contributed by atoms with Gasteiger partial charge < -0.3 is 20.4 Å². The number of aromatic nitrogens is 2. The molecule has 5 atom stereocenters. The smallest absolute Gasteiger partial charge is 0.262 e. The Bertz CT molecular complexity index is 1890. The van der Waals surface area contributed by atoms with Crippen LogP contribution in [0, 0.1) is 23.2 Å². The van der Waals surface area contributed by atoms with Gasteiger partial charge in [0, 0.05) is 60.8 Å². The van der Waals surface area contributed by atoms with E-state index in [-0.39, 0.29) is 62.6 Å². The van der Waals surface area contributed by atoms with Crippen LogP contribution in [0.2, 0.25) is 10.0 Å². The van der Waals surface area contributed by atoms with Gasteiger partial charge in [0.2, 0.25) is 11.9 Å². The van der Waals surface area contributed by atoms with Crippen LogP contribution in [0.25, 0.3) is 10.9 Å². The van der Waals surface area contributed by atoms with E-state index in [4.69, 9.17) is 33.2 Å². The van der Waals surface area contributed by atoms with E-state index in [1.807, 2.05) is 30.0 Å². The number of aryl methyl sites for hydroxylation is 1. The van der Waals surface area contributed by atoms with Gasteiger partial charge in [-0.15, -0.1) is 0 Å². The van der Waals surface area contributed by atoms with E-state index in [0.717, 1.165) is 12.0 Å². The number of carbonyl (C=O) groups is 1. The lowest BCUT2D eigenvalue weighted by atomic mass is 9.45. The van der Waals surface area contributed by atoms with Crippen LogP contribution in [0.1, 0.15) is 58.9 Å². The molecule has 2 aliphatic heterocycles. The molecule has 0 spiro atoms. The molecule has 5 fully saturated rings. The Hall–Kier alpha value is -3.44. The second-order valence-corrected chi connectivity index (χ2v) is 16.2. The van der Waals surface area contributed by atoms with E-state index in [0.29, 0.717) is 74.7 Å². The highest BCUT2D eigenvalue weighted by molar-refractivity contribution is 6.35. The molecule has 50 heavy (non-hydrogen) atoms. The van der Waals surface area contributed by atoms with Gasteiger partial charge in [0.15, 0.2) is 5.96 Å². The highest BCUT2D eigenvalue weighted by atomic mass is 35.5. The third-order valence-corrected chi connectivity index (χ3v) is 12.3. The Kier molecular flexibility index (Phi) is 9.29. The molecule has 3 heterocycles. The Morgan fingerprint density at radius 1 is 1.08 bits per heavy atom. The number of fused-ring (bicyclic) bond motifs is 3. The molecule has 5 aliphatic rings. The van der Waals surface area contributed by atoms with E-state index >= 15 is 0 Å². The first kappa shape index (κ1) is 35.0. The molecule has 2 N–H and O–H groups in total. The summed E-state index contributed by atoms with van der Waals surface area (Å²) in [5.41, 5.74) is 2.01. The van der Waals surface area contributed by atoms with Crippen LogP contribution in [0.15, 0.2) is 46.2 Å². The van der Waals surface area contributed by atoms with E-state index in [1.54, 1.807) is 27.7 Å². The number of hydrogen-bond acceptors (Lipinski definition) is 5. The third kappa shape index (κ3) is 6.79. The van der Waals surface area contributed by atoms with Crippen molar-refractivity contribution in [3.05, 3.63) is 62.4 Å². The normalized spacial score (nSPS) is 27.6. The standard InChI is InChI=1S/C37H45Cl2F2N7O2/c1-21-19-47(20-32(49)42-21)34(44-30-16-24-15-28(22(30)2)36(24,3)4)43-26-7-8-27-31(18-26)45-35(46-13-10-37(40,41)11-14-46)48(33(27)50)12-9-23-5-6-25(38)17-29(23)39/h5-8,17-18,21-22,24,28,30H,9-16,19-20H2,1-4H3,(H,42,49)(H,43,44)/t21-,22-,24-,28+,30-/m0/s1. The molecule has 2 bridgehead atoms. The van der Waals surface area contributed by atoms with Gasteiger partial charge in [0.05, 0.1) is 23.5 Å². The highest BCUT2D eigenvalue weighted by Crippen LogP contribution is 2.61. The van der Waals surface area contributed by atoms with Gasteiger partial charge in [-0.2, -0.15) is 0 Å². The first-order valence-corrected chi connectivity index (χ1v) is 18.4. The largest absolute Gasteiger partial charge is 0.350 e.